The van der Waals surface area contributed by atoms with Crippen molar-refractivity contribution in [1.82, 2.24) is 19.7 Å². The van der Waals surface area contributed by atoms with Crippen LogP contribution in [0.2, 0.25) is 0 Å². The minimum absolute atomic E-state index is 0.00939. The normalized spacial score (nSPS) is 10.9. The number of hydrogen-bond donors (Lipinski definition) is 2. The van der Waals surface area contributed by atoms with Crippen molar-refractivity contribution < 1.29 is 23.8 Å². The predicted octanol–water partition coefficient (Wildman–Crippen LogP) is 5.34. The van der Waals surface area contributed by atoms with Gasteiger partial charge in [0.25, 0.3) is 0 Å². The lowest BCUT2D eigenvalue weighted by Gasteiger charge is -2.15. The number of nitrogens with one attached hydrogen (secondary N) is 2. The number of aromatic nitrogens is 4. The molecule has 2 aromatic heterocycles. The van der Waals surface area contributed by atoms with Gasteiger partial charge in [-0.3, -0.25) is 9.36 Å². The maximum atomic E-state index is 13.0. The number of thioether (sulfide) groups is 1. The van der Waals surface area contributed by atoms with Gasteiger partial charge in [0.15, 0.2) is 11.0 Å². The molecule has 0 fully saturated rings. The van der Waals surface area contributed by atoms with E-state index in [1.54, 1.807) is 57.5 Å². The fraction of sp³-hybridized carbons (Fsp3) is 0.172. The van der Waals surface area contributed by atoms with E-state index < -0.39 is 5.97 Å². The number of aromatic amines is 1. The smallest absolute Gasteiger partial charge is 0.340 e. The second-order valence-electron chi connectivity index (χ2n) is 8.53. The van der Waals surface area contributed by atoms with Gasteiger partial charge in [-0.25, -0.2) is 4.79 Å². The second-order valence-corrected chi connectivity index (χ2v) is 9.47. The van der Waals surface area contributed by atoms with Gasteiger partial charge in [0.2, 0.25) is 5.91 Å². The SMILES string of the molecule is CCOC(=O)c1ccccc1NC(=O)CSc1nnc(-c2c[nH]c3ccccc23)n1-c1cc(OC)ccc1OC. The number of rotatable bonds is 10. The van der Waals surface area contributed by atoms with Crippen LogP contribution in [0.5, 0.6) is 11.5 Å². The first kappa shape index (κ1) is 26.8. The highest BCUT2D eigenvalue weighted by Crippen LogP contribution is 2.37. The summed E-state index contributed by atoms with van der Waals surface area (Å²) >= 11 is 1.20. The molecular formula is C29H27N5O5S. The molecule has 0 saturated heterocycles. The van der Waals surface area contributed by atoms with Crippen LogP contribution in [0.4, 0.5) is 5.69 Å². The number of para-hydroxylation sites is 2. The number of nitrogens with zero attached hydrogens (tertiary/aromatic N) is 3. The summed E-state index contributed by atoms with van der Waals surface area (Å²) in [5.41, 5.74) is 3.12. The third-order valence-corrected chi connectivity index (χ3v) is 7.05. The predicted molar refractivity (Wildman–Crippen MR) is 154 cm³/mol. The molecule has 0 bridgehead atoms. The number of amides is 1. The number of ether oxygens (including phenoxy) is 3. The zero-order valence-corrected chi connectivity index (χ0v) is 23.0. The van der Waals surface area contributed by atoms with E-state index in [2.05, 4.69) is 20.5 Å². The van der Waals surface area contributed by atoms with Gasteiger partial charge in [-0.05, 0) is 37.3 Å². The van der Waals surface area contributed by atoms with Crippen LogP contribution in [0.3, 0.4) is 0 Å². The van der Waals surface area contributed by atoms with Crippen LogP contribution in [0.15, 0.2) is 78.1 Å². The van der Waals surface area contributed by atoms with Gasteiger partial charge in [-0.2, -0.15) is 0 Å². The summed E-state index contributed by atoms with van der Waals surface area (Å²) in [4.78, 5) is 28.6. The lowest BCUT2D eigenvalue weighted by Crippen LogP contribution is -2.17. The zero-order valence-electron chi connectivity index (χ0n) is 22.1. The van der Waals surface area contributed by atoms with Crippen LogP contribution < -0.4 is 14.8 Å². The molecule has 0 aliphatic heterocycles. The molecule has 0 aliphatic carbocycles. The standard InChI is InChI=1S/C29H27N5O5S/c1-4-39-28(36)20-10-6-8-12-23(20)31-26(35)17-40-29-33-32-27(21-16-30-22-11-7-5-9-19(21)22)34(29)24-15-18(37-2)13-14-25(24)38-3/h5-16,30H,4,17H2,1-3H3,(H,31,35). The number of benzene rings is 3. The van der Waals surface area contributed by atoms with Crippen LogP contribution in [0.25, 0.3) is 28.0 Å². The van der Waals surface area contributed by atoms with Crippen LogP contribution in [-0.4, -0.2) is 58.2 Å². The number of methoxy groups -OCH3 is 2. The van der Waals surface area contributed by atoms with Gasteiger partial charge in [0, 0.05) is 28.7 Å². The maximum absolute atomic E-state index is 13.0. The quantitative estimate of drug-likeness (QED) is 0.174. The lowest BCUT2D eigenvalue weighted by atomic mass is 10.1. The molecule has 40 heavy (non-hydrogen) atoms. The molecule has 5 rings (SSSR count). The highest BCUT2D eigenvalue weighted by atomic mass is 32.2. The third-order valence-electron chi connectivity index (χ3n) is 6.12. The summed E-state index contributed by atoms with van der Waals surface area (Å²) in [6, 6.07) is 20.1. The fourth-order valence-corrected chi connectivity index (χ4v) is 5.02. The van der Waals surface area contributed by atoms with Crippen molar-refractivity contribution in [3.8, 4) is 28.6 Å². The van der Waals surface area contributed by atoms with Crippen molar-refractivity contribution in [3.05, 3.63) is 78.5 Å². The molecule has 0 saturated carbocycles. The van der Waals surface area contributed by atoms with E-state index in [9.17, 15) is 9.59 Å². The molecule has 1 amide bonds. The summed E-state index contributed by atoms with van der Waals surface area (Å²) in [7, 11) is 3.18. The van der Waals surface area contributed by atoms with E-state index in [4.69, 9.17) is 14.2 Å². The molecular weight excluding hydrogens is 530 g/mol. The van der Waals surface area contributed by atoms with Crippen LogP contribution in [-0.2, 0) is 9.53 Å². The largest absolute Gasteiger partial charge is 0.497 e. The third kappa shape index (κ3) is 5.36. The average Bonchev–Trinajstić information content (AvgIpc) is 3.60. The maximum Gasteiger partial charge on any atom is 0.340 e. The van der Waals surface area contributed by atoms with Crippen molar-refractivity contribution in [2.45, 2.75) is 12.1 Å². The molecule has 2 heterocycles. The van der Waals surface area contributed by atoms with Crippen molar-refractivity contribution in [3.63, 3.8) is 0 Å². The molecule has 0 atom stereocenters. The molecule has 10 nitrogen and oxygen atoms in total. The first-order valence-corrected chi connectivity index (χ1v) is 13.5. The number of anilines is 1. The van der Waals surface area contributed by atoms with E-state index in [0.29, 0.717) is 33.9 Å². The van der Waals surface area contributed by atoms with Gasteiger partial charge in [0.05, 0.1) is 43.5 Å². The average molecular weight is 558 g/mol. The van der Waals surface area contributed by atoms with Crippen molar-refractivity contribution >= 4 is 40.2 Å². The zero-order chi connectivity index (χ0) is 28.1. The summed E-state index contributed by atoms with van der Waals surface area (Å²) in [5.74, 6) is 0.964. The van der Waals surface area contributed by atoms with Crippen LogP contribution in [0, 0.1) is 0 Å². The highest BCUT2D eigenvalue weighted by molar-refractivity contribution is 7.99. The number of fused-ring (bicyclic) bond motifs is 1. The molecule has 0 unspecified atom stereocenters. The molecule has 3 aromatic carbocycles. The summed E-state index contributed by atoms with van der Waals surface area (Å²) in [6.45, 7) is 1.97. The molecule has 0 spiro atoms. The Bertz CT molecular complexity index is 1680. The second kappa shape index (κ2) is 12.0. The number of carbonyl (C=O) groups excluding carboxylic acids is 2. The highest BCUT2D eigenvalue weighted by Gasteiger charge is 2.23. The molecule has 11 heteroatoms. The Morgan fingerprint density at radius 2 is 1.80 bits per heavy atom. The van der Waals surface area contributed by atoms with Crippen molar-refractivity contribution in [2.75, 3.05) is 31.9 Å². The van der Waals surface area contributed by atoms with E-state index in [-0.39, 0.29) is 23.8 Å². The summed E-state index contributed by atoms with van der Waals surface area (Å²) in [6.07, 6.45) is 1.88. The molecule has 0 aliphatic rings. The Balaban J connectivity index is 1.50. The summed E-state index contributed by atoms with van der Waals surface area (Å²) < 4.78 is 18.1. The fourth-order valence-electron chi connectivity index (χ4n) is 4.28. The lowest BCUT2D eigenvalue weighted by molar-refractivity contribution is -0.113. The Morgan fingerprint density at radius 1 is 1.00 bits per heavy atom. The van der Waals surface area contributed by atoms with Gasteiger partial charge in [-0.15, -0.1) is 10.2 Å². The van der Waals surface area contributed by atoms with Crippen LogP contribution >= 0.6 is 11.8 Å². The first-order valence-electron chi connectivity index (χ1n) is 12.5. The Kier molecular flexibility index (Phi) is 8.02. The van der Waals surface area contributed by atoms with E-state index in [1.165, 1.54) is 11.8 Å². The van der Waals surface area contributed by atoms with Crippen molar-refractivity contribution in [1.29, 1.82) is 0 Å². The molecule has 5 aromatic rings. The van der Waals surface area contributed by atoms with Crippen LogP contribution in [0.1, 0.15) is 17.3 Å². The Morgan fingerprint density at radius 3 is 2.60 bits per heavy atom. The van der Waals surface area contributed by atoms with E-state index in [1.807, 2.05) is 41.1 Å². The Hall–Kier alpha value is -4.77. The number of esters is 1. The van der Waals surface area contributed by atoms with E-state index in [0.717, 1.165) is 16.5 Å². The molecule has 0 radical (unpaired) electrons. The minimum atomic E-state index is -0.501. The number of carbonyl (C=O) groups is 2. The molecule has 204 valence electrons. The monoisotopic (exact) mass is 557 g/mol. The molecule has 2 N–H and O–H groups in total. The number of hydrogen-bond acceptors (Lipinski definition) is 8. The van der Waals surface area contributed by atoms with Crippen molar-refractivity contribution in [2.24, 2.45) is 0 Å². The summed E-state index contributed by atoms with van der Waals surface area (Å²) in [5, 5.41) is 13.2. The van der Waals surface area contributed by atoms with Gasteiger partial charge >= 0.3 is 5.97 Å². The van der Waals surface area contributed by atoms with E-state index >= 15 is 0 Å². The minimum Gasteiger partial charge on any atom is -0.497 e. The first-order chi connectivity index (χ1) is 19.5. The topological polar surface area (TPSA) is 120 Å². The Labute approximate surface area is 234 Å². The number of H-pyrrole nitrogens is 1. The van der Waals surface area contributed by atoms with Gasteiger partial charge < -0.3 is 24.5 Å². The van der Waals surface area contributed by atoms with Gasteiger partial charge in [-0.1, -0.05) is 42.1 Å². The van der Waals surface area contributed by atoms with Gasteiger partial charge in [0.1, 0.15) is 11.5 Å².